The van der Waals surface area contributed by atoms with Gasteiger partial charge in [0.05, 0.1) is 0 Å². The second-order valence-electron chi connectivity index (χ2n) is 5.04. The normalized spacial score (nSPS) is 12.4. The van der Waals surface area contributed by atoms with Crippen LogP contribution in [-0.4, -0.2) is 0 Å². The zero-order valence-corrected chi connectivity index (χ0v) is 11.7. The second-order valence-corrected chi connectivity index (χ2v) is 5.04. The molecule has 0 saturated heterocycles. The van der Waals surface area contributed by atoms with Gasteiger partial charge in [0.25, 0.3) is 0 Å². The summed E-state index contributed by atoms with van der Waals surface area (Å²) >= 11 is 0. The van der Waals surface area contributed by atoms with Crippen LogP contribution in [0.3, 0.4) is 0 Å². The van der Waals surface area contributed by atoms with Crippen molar-refractivity contribution in [1.29, 1.82) is 0 Å². The van der Waals surface area contributed by atoms with Gasteiger partial charge in [-0.15, -0.1) is 0 Å². The molecule has 1 atom stereocenters. The maximum absolute atomic E-state index is 13.5. The van der Waals surface area contributed by atoms with Gasteiger partial charge in [-0.3, -0.25) is 0 Å². The van der Waals surface area contributed by atoms with Crippen LogP contribution >= 0.6 is 0 Å². The highest BCUT2D eigenvalue weighted by Crippen LogP contribution is 2.17. The van der Waals surface area contributed by atoms with Crippen LogP contribution in [0.4, 0.5) is 4.39 Å². The fourth-order valence-electron chi connectivity index (χ4n) is 2.20. The summed E-state index contributed by atoms with van der Waals surface area (Å²) in [5.74, 6) is -0.136. The minimum atomic E-state index is -0.136. The highest BCUT2D eigenvalue weighted by atomic mass is 19.1. The molecule has 0 bridgehead atoms. The number of aryl methyl sites for hydroxylation is 2. The summed E-state index contributed by atoms with van der Waals surface area (Å²) in [6.07, 6.45) is 0. The van der Waals surface area contributed by atoms with E-state index in [2.05, 4.69) is 31.3 Å². The third-order valence-electron chi connectivity index (χ3n) is 3.50. The minimum absolute atomic E-state index is 0.136. The molecule has 0 saturated carbocycles. The molecule has 100 valence electrons. The van der Waals surface area contributed by atoms with Crippen LogP contribution in [-0.2, 0) is 6.54 Å². The van der Waals surface area contributed by atoms with Crippen molar-refractivity contribution in [3.05, 3.63) is 70.5 Å². The van der Waals surface area contributed by atoms with E-state index in [4.69, 9.17) is 0 Å². The Morgan fingerprint density at radius 2 is 1.79 bits per heavy atom. The van der Waals surface area contributed by atoms with E-state index in [0.717, 1.165) is 5.56 Å². The van der Waals surface area contributed by atoms with Gasteiger partial charge in [-0.25, -0.2) is 4.39 Å². The minimum Gasteiger partial charge on any atom is -0.306 e. The van der Waals surface area contributed by atoms with Gasteiger partial charge >= 0.3 is 0 Å². The van der Waals surface area contributed by atoms with Crippen molar-refractivity contribution >= 4 is 0 Å². The van der Waals surface area contributed by atoms with Crippen molar-refractivity contribution < 1.29 is 4.39 Å². The average Bonchev–Trinajstić information content (AvgIpc) is 2.40. The molecule has 0 amide bonds. The summed E-state index contributed by atoms with van der Waals surface area (Å²) in [7, 11) is 0. The first-order chi connectivity index (χ1) is 9.08. The van der Waals surface area contributed by atoms with Crippen LogP contribution in [0.5, 0.6) is 0 Å². The maximum atomic E-state index is 13.5. The fourth-order valence-corrected chi connectivity index (χ4v) is 2.20. The predicted molar refractivity (Wildman–Crippen MR) is 77.6 cm³/mol. The lowest BCUT2D eigenvalue weighted by Gasteiger charge is -2.16. The molecule has 0 aliphatic rings. The Bertz CT molecular complexity index is 563. The molecule has 2 heteroatoms. The quantitative estimate of drug-likeness (QED) is 0.861. The summed E-state index contributed by atoms with van der Waals surface area (Å²) in [6.45, 7) is 6.70. The zero-order chi connectivity index (χ0) is 13.8. The molecule has 0 aromatic heterocycles. The van der Waals surface area contributed by atoms with Gasteiger partial charge in [0, 0.05) is 12.6 Å². The van der Waals surface area contributed by atoms with E-state index >= 15 is 0 Å². The predicted octanol–water partition coefficient (Wildman–Crippen LogP) is 4.29. The van der Waals surface area contributed by atoms with E-state index in [0.29, 0.717) is 12.1 Å². The molecule has 1 N–H and O–H groups in total. The summed E-state index contributed by atoms with van der Waals surface area (Å²) in [4.78, 5) is 0. The van der Waals surface area contributed by atoms with E-state index in [1.54, 1.807) is 13.0 Å². The highest BCUT2D eigenvalue weighted by molar-refractivity contribution is 5.28. The van der Waals surface area contributed by atoms with Gasteiger partial charge < -0.3 is 5.32 Å². The maximum Gasteiger partial charge on any atom is 0.126 e. The van der Waals surface area contributed by atoms with Crippen molar-refractivity contribution in [2.45, 2.75) is 33.4 Å². The molecule has 0 unspecified atom stereocenters. The molecule has 19 heavy (non-hydrogen) atoms. The lowest BCUT2D eigenvalue weighted by molar-refractivity contribution is 0.566. The number of nitrogens with one attached hydrogen (secondary N) is 1. The summed E-state index contributed by atoms with van der Waals surface area (Å²) in [6, 6.07) is 14.0. The molecule has 2 aromatic rings. The molecule has 1 nitrogen and oxygen atoms in total. The van der Waals surface area contributed by atoms with Crippen LogP contribution in [0.15, 0.2) is 42.5 Å². The Morgan fingerprint density at radius 3 is 2.47 bits per heavy atom. The first-order valence-corrected chi connectivity index (χ1v) is 6.62. The van der Waals surface area contributed by atoms with Gasteiger partial charge in [0.2, 0.25) is 0 Å². The van der Waals surface area contributed by atoms with Gasteiger partial charge in [0.1, 0.15) is 5.82 Å². The van der Waals surface area contributed by atoms with Gasteiger partial charge in [0.15, 0.2) is 0 Å². The number of hydrogen-bond acceptors (Lipinski definition) is 1. The Labute approximate surface area is 114 Å². The van der Waals surface area contributed by atoms with Gasteiger partial charge in [-0.2, -0.15) is 0 Å². The number of halogens is 1. The third-order valence-corrected chi connectivity index (χ3v) is 3.50. The summed E-state index contributed by atoms with van der Waals surface area (Å²) < 4.78 is 13.5. The van der Waals surface area contributed by atoms with Crippen molar-refractivity contribution in [2.24, 2.45) is 0 Å². The molecule has 0 radical (unpaired) electrons. The largest absolute Gasteiger partial charge is 0.306 e. The first-order valence-electron chi connectivity index (χ1n) is 6.62. The molecule has 0 fully saturated rings. The Hall–Kier alpha value is -1.67. The average molecular weight is 257 g/mol. The SMILES string of the molecule is Cc1ccc(CN[C@H](C)c2ccccc2C)cc1F. The monoisotopic (exact) mass is 257 g/mol. The molecule has 0 spiro atoms. The molecule has 0 heterocycles. The van der Waals surface area contributed by atoms with Crippen LogP contribution in [0, 0.1) is 19.7 Å². The van der Waals surface area contributed by atoms with Crippen LogP contribution in [0.1, 0.15) is 35.2 Å². The standard InChI is InChI=1S/C17H20FN/c1-12-6-4-5-7-16(12)14(3)19-11-15-9-8-13(2)17(18)10-15/h4-10,14,19H,11H2,1-3H3/t14-/m1/s1. The fraction of sp³-hybridized carbons (Fsp3) is 0.294. The van der Waals surface area contributed by atoms with Crippen molar-refractivity contribution in [3.8, 4) is 0 Å². The molecule has 0 aliphatic heterocycles. The lowest BCUT2D eigenvalue weighted by atomic mass is 10.0. The smallest absolute Gasteiger partial charge is 0.126 e. The van der Waals surface area contributed by atoms with Crippen LogP contribution in [0.25, 0.3) is 0 Å². The summed E-state index contributed by atoms with van der Waals surface area (Å²) in [5.41, 5.74) is 4.23. The molecular formula is C17H20FN. The first kappa shape index (κ1) is 13.8. The van der Waals surface area contributed by atoms with Crippen molar-refractivity contribution in [3.63, 3.8) is 0 Å². The topological polar surface area (TPSA) is 12.0 Å². The van der Waals surface area contributed by atoms with Crippen molar-refractivity contribution in [1.82, 2.24) is 5.32 Å². The Kier molecular flexibility index (Phi) is 4.33. The van der Waals surface area contributed by atoms with Gasteiger partial charge in [-0.05, 0) is 49.1 Å². The van der Waals surface area contributed by atoms with Crippen LogP contribution in [0.2, 0.25) is 0 Å². The molecule has 2 aromatic carbocycles. The zero-order valence-electron chi connectivity index (χ0n) is 11.7. The molecule has 0 aliphatic carbocycles. The number of hydrogen-bond donors (Lipinski definition) is 1. The number of rotatable bonds is 4. The highest BCUT2D eigenvalue weighted by Gasteiger charge is 2.07. The second kappa shape index (κ2) is 5.98. The lowest BCUT2D eigenvalue weighted by Crippen LogP contribution is -2.19. The van der Waals surface area contributed by atoms with E-state index in [1.807, 2.05) is 24.3 Å². The van der Waals surface area contributed by atoms with Crippen LogP contribution < -0.4 is 5.32 Å². The molecule has 2 rings (SSSR count). The van der Waals surface area contributed by atoms with E-state index in [9.17, 15) is 4.39 Å². The van der Waals surface area contributed by atoms with Gasteiger partial charge in [-0.1, -0.05) is 36.4 Å². The third kappa shape index (κ3) is 3.42. The Balaban J connectivity index is 2.02. The molecular weight excluding hydrogens is 237 g/mol. The van der Waals surface area contributed by atoms with Crippen molar-refractivity contribution in [2.75, 3.05) is 0 Å². The van der Waals surface area contributed by atoms with E-state index < -0.39 is 0 Å². The van der Waals surface area contributed by atoms with E-state index in [-0.39, 0.29) is 11.9 Å². The number of benzene rings is 2. The van der Waals surface area contributed by atoms with E-state index in [1.165, 1.54) is 11.1 Å². The Morgan fingerprint density at radius 1 is 1.05 bits per heavy atom. The summed E-state index contributed by atoms with van der Waals surface area (Å²) in [5, 5.41) is 3.44.